The minimum absolute atomic E-state index is 0.0442. The van der Waals surface area contributed by atoms with Crippen molar-refractivity contribution in [1.82, 2.24) is 0 Å². The van der Waals surface area contributed by atoms with Crippen molar-refractivity contribution in [2.75, 3.05) is 6.61 Å². The van der Waals surface area contributed by atoms with Crippen molar-refractivity contribution in [1.29, 1.82) is 0 Å². The summed E-state index contributed by atoms with van der Waals surface area (Å²) in [7, 11) is 0. The lowest BCUT2D eigenvalue weighted by molar-refractivity contribution is -0.142. The van der Waals surface area contributed by atoms with Gasteiger partial charge in [-0.15, -0.1) is 0 Å². The second kappa shape index (κ2) is 28.9. The van der Waals surface area contributed by atoms with Crippen molar-refractivity contribution in [3.8, 4) is 0 Å². The molecule has 0 unspecified atom stereocenters. The molecule has 0 aromatic heterocycles. The topological polar surface area (TPSA) is 26.3 Å². The van der Waals surface area contributed by atoms with Gasteiger partial charge in [-0.2, -0.15) is 0 Å². The van der Waals surface area contributed by atoms with Gasteiger partial charge in [0.25, 0.3) is 0 Å². The molecule has 0 bridgehead atoms. The molecule has 0 saturated heterocycles. The molecule has 2 atom stereocenters. The number of ether oxygens (including phenoxy) is 1. The van der Waals surface area contributed by atoms with Gasteiger partial charge in [0.05, 0.1) is 0 Å². The maximum Gasteiger partial charge on any atom is 0.306 e. The summed E-state index contributed by atoms with van der Waals surface area (Å²) >= 11 is 0. The zero-order valence-electron chi connectivity index (χ0n) is 27.7. The van der Waals surface area contributed by atoms with Crippen LogP contribution in [0.2, 0.25) is 0 Å². The molecule has 0 rings (SSSR count). The van der Waals surface area contributed by atoms with Gasteiger partial charge in [-0.1, -0.05) is 141 Å². The SMILES string of the molecule is CC/C=C\C/C=C\C/C=C\CCCCCCCC(=O)OC/C=C(\C)CCC[C@H](C)CCC[C@H](C)CCCC(C)C. The molecule has 0 spiro atoms. The third kappa shape index (κ3) is 29.4. The highest BCUT2D eigenvalue weighted by molar-refractivity contribution is 5.69. The van der Waals surface area contributed by atoms with Crippen LogP contribution in [0.15, 0.2) is 48.1 Å². The van der Waals surface area contributed by atoms with Crippen molar-refractivity contribution in [2.24, 2.45) is 17.8 Å². The smallest absolute Gasteiger partial charge is 0.306 e. The fraction of sp³-hybridized carbons (Fsp3) is 0.763. The number of unbranched alkanes of at least 4 members (excludes halogenated alkanes) is 5. The van der Waals surface area contributed by atoms with Gasteiger partial charge in [0.1, 0.15) is 6.61 Å². The van der Waals surface area contributed by atoms with Crippen LogP contribution >= 0.6 is 0 Å². The van der Waals surface area contributed by atoms with Gasteiger partial charge in [-0.3, -0.25) is 4.79 Å². The molecule has 0 aromatic rings. The Balaban J connectivity index is 3.63. The minimum atomic E-state index is -0.0442. The van der Waals surface area contributed by atoms with Gasteiger partial charge < -0.3 is 4.74 Å². The number of rotatable bonds is 27. The van der Waals surface area contributed by atoms with Crippen LogP contribution in [0.1, 0.15) is 164 Å². The predicted molar refractivity (Wildman–Crippen MR) is 179 cm³/mol. The van der Waals surface area contributed by atoms with Gasteiger partial charge in [0.2, 0.25) is 0 Å². The maximum absolute atomic E-state index is 12.0. The highest BCUT2D eigenvalue weighted by atomic mass is 16.5. The first kappa shape index (κ1) is 38.4. The second-order valence-electron chi connectivity index (χ2n) is 12.7. The summed E-state index contributed by atoms with van der Waals surface area (Å²) in [5, 5.41) is 0. The van der Waals surface area contributed by atoms with E-state index in [1.165, 1.54) is 76.2 Å². The molecular weight excluding hydrogens is 488 g/mol. The third-order valence-corrected chi connectivity index (χ3v) is 7.85. The average Bonchev–Trinajstić information content (AvgIpc) is 2.90. The monoisotopic (exact) mass is 557 g/mol. The van der Waals surface area contributed by atoms with Crippen LogP contribution in [0.25, 0.3) is 0 Å². The number of carbonyl (C=O) groups excluding carboxylic acids is 1. The predicted octanol–water partition coefficient (Wildman–Crippen LogP) is 12.5. The molecule has 2 nitrogen and oxygen atoms in total. The molecule has 0 saturated carbocycles. The summed E-state index contributed by atoms with van der Waals surface area (Å²) in [6, 6.07) is 0. The standard InChI is InChI=1S/C38H68O2/c1-7-8-9-10-11-12-13-14-15-16-17-18-19-20-21-31-38(39)40-33-32-37(6)30-24-29-36(5)28-23-27-35(4)26-22-25-34(2)3/h8-9,11-12,14-15,32,34-36H,7,10,13,16-31,33H2,1-6H3/b9-8-,12-11-,15-14-,37-32+/t35-,36-/m1/s1. The van der Waals surface area contributed by atoms with E-state index in [0.717, 1.165) is 62.7 Å². The molecule has 232 valence electrons. The Morgan fingerprint density at radius 1 is 0.625 bits per heavy atom. The summed E-state index contributed by atoms with van der Waals surface area (Å²) in [6.07, 6.45) is 38.2. The van der Waals surface area contributed by atoms with Crippen molar-refractivity contribution in [2.45, 2.75) is 164 Å². The minimum Gasteiger partial charge on any atom is -0.461 e. The van der Waals surface area contributed by atoms with Crippen LogP contribution in [0, 0.1) is 17.8 Å². The summed E-state index contributed by atoms with van der Waals surface area (Å²) < 4.78 is 5.44. The molecular formula is C38H68O2. The van der Waals surface area contributed by atoms with E-state index in [-0.39, 0.29) is 5.97 Å². The average molecular weight is 557 g/mol. The zero-order chi connectivity index (χ0) is 29.7. The summed E-state index contributed by atoms with van der Waals surface area (Å²) in [4.78, 5) is 12.0. The Labute approximate surface area is 251 Å². The van der Waals surface area contributed by atoms with E-state index in [0.29, 0.717) is 13.0 Å². The molecule has 0 amide bonds. The van der Waals surface area contributed by atoms with Crippen LogP contribution in [-0.2, 0) is 9.53 Å². The number of esters is 1. The van der Waals surface area contributed by atoms with E-state index < -0.39 is 0 Å². The molecule has 0 aromatic carbocycles. The van der Waals surface area contributed by atoms with E-state index >= 15 is 0 Å². The summed E-state index contributed by atoms with van der Waals surface area (Å²) in [5.74, 6) is 2.50. The summed E-state index contributed by atoms with van der Waals surface area (Å²) in [5.41, 5.74) is 1.35. The molecule has 0 aliphatic rings. The van der Waals surface area contributed by atoms with Gasteiger partial charge in [-0.25, -0.2) is 0 Å². The highest BCUT2D eigenvalue weighted by Gasteiger charge is 2.07. The Bertz CT molecular complexity index is 682. The van der Waals surface area contributed by atoms with E-state index in [2.05, 4.69) is 84.1 Å². The Kier molecular flexibility index (Phi) is 27.8. The molecule has 40 heavy (non-hydrogen) atoms. The van der Waals surface area contributed by atoms with E-state index in [9.17, 15) is 4.79 Å². The lowest BCUT2D eigenvalue weighted by Crippen LogP contribution is -2.04. The van der Waals surface area contributed by atoms with E-state index in [1.807, 2.05) is 0 Å². The lowest BCUT2D eigenvalue weighted by atomic mass is 9.91. The second-order valence-corrected chi connectivity index (χ2v) is 12.7. The first-order valence-corrected chi connectivity index (χ1v) is 17.1. The molecule has 2 heteroatoms. The van der Waals surface area contributed by atoms with Gasteiger partial charge in [-0.05, 0) is 82.1 Å². The fourth-order valence-electron chi connectivity index (χ4n) is 5.05. The Morgan fingerprint density at radius 2 is 1.18 bits per heavy atom. The van der Waals surface area contributed by atoms with Crippen molar-refractivity contribution >= 4 is 5.97 Å². The number of carbonyl (C=O) groups is 1. The van der Waals surface area contributed by atoms with Gasteiger partial charge >= 0.3 is 5.97 Å². The normalized spacial score (nSPS) is 14.2. The largest absolute Gasteiger partial charge is 0.461 e. The quantitative estimate of drug-likeness (QED) is 0.0571. The molecule has 0 N–H and O–H groups in total. The molecule has 0 aliphatic carbocycles. The molecule has 0 fully saturated rings. The third-order valence-electron chi connectivity index (χ3n) is 7.85. The zero-order valence-corrected chi connectivity index (χ0v) is 27.7. The molecule has 0 aliphatic heterocycles. The molecule has 0 radical (unpaired) electrons. The number of hydrogen-bond donors (Lipinski definition) is 0. The van der Waals surface area contributed by atoms with Crippen molar-refractivity contribution in [3.63, 3.8) is 0 Å². The first-order valence-electron chi connectivity index (χ1n) is 17.1. The van der Waals surface area contributed by atoms with Crippen LogP contribution in [0.3, 0.4) is 0 Å². The van der Waals surface area contributed by atoms with Crippen molar-refractivity contribution < 1.29 is 9.53 Å². The fourth-order valence-corrected chi connectivity index (χ4v) is 5.05. The van der Waals surface area contributed by atoms with Crippen molar-refractivity contribution in [3.05, 3.63) is 48.1 Å². The van der Waals surface area contributed by atoms with E-state index in [1.54, 1.807) is 0 Å². The molecule has 0 heterocycles. The van der Waals surface area contributed by atoms with Crippen LogP contribution in [-0.4, -0.2) is 12.6 Å². The van der Waals surface area contributed by atoms with Crippen LogP contribution < -0.4 is 0 Å². The van der Waals surface area contributed by atoms with Gasteiger partial charge in [0, 0.05) is 6.42 Å². The van der Waals surface area contributed by atoms with E-state index in [4.69, 9.17) is 4.74 Å². The van der Waals surface area contributed by atoms with Crippen LogP contribution in [0.5, 0.6) is 0 Å². The first-order chi connectivity index (χ1) is 19.3. The van der Waals surface area contributed by atoms with Gasteiger partial charge in [0.15, 0.2) is 0 Å². The number of allylic oxidation sites excluding steroid dienone is 7. The highest BCUT2D eigenvalue weighted by Crippen LogP contribution is 2.22. The Hall–Kier alpha value is -1.57. The maximum atomic E-state index is 12.0. The Morgan fingerprint density at radius 3 is 1.82 bits per heavy atom. The number of hydrogen-bond acceptors (Lipinski definition) is 2. The van der Waals surface area contributed by atoms with Crippen LogP contribution in [0.4, 0.5) is 0 Å². The lowest BCUT2D eigenvalue weighted by Gasteiger charge is -2.15. The summed E-state index contributed by atoms with van der Waals surface area (Å²) in [6.45, 7) is 14.3.